The Morgan fingerprint density at radius 2 is 2.13 bits per heavy atom. The molecule has 10 heteroatoms. The summed E-state index contributed by atoms with van der Waals surface area (Å²) in [6.45, 7) is 3.13. The van der Waals surface area contributed by atoms with Crippen molar-refractivity contribution in [3.8, 4) is 11.4 Å². The highest BCUT2D eigenvalue weighted by Gasteiger charge is 2.28. The van der Waals surface area contributed by atoms with Crippen LogP contribution in [0.1, 0.15) is 39.0 Å². The summed E-state index contributed by atoms with van der Waals surface area (Å²) < 4.78 is 14.6. The summed E-state index contributed by atoms with van der Waals surface area (Å²) >= 11 is 6.22. The highest BCUT2D eigenvalue weighted by molar-refractivity contribution is 6.24. The standard InChI is InChI=1S/C21H27ClFN7O/c1-2-7-24-21(31)29-17-6-4-3-5-16(17)28-20-15(23)11-27-19(30-20)14-10-26-18-13(14)8-12(22)9-25-18/h8,10-12,16-17H,2-7,9H2,1H3,(H,25,26)(H2,24,29,31)(H,27,28,30)/t12?,16-,17-/m0/s1. The maximum Gasteiger partial charge on any atom is 0.315 e. The van der Waals surface area contributed by atoms with Gasteiger partial charge in [0.15, 0.2) is 17.5 Å². The summed E-state index contributed by atoms with van der Waals surface area (Å²) in [7, 11) is 0. The van der Waals surface area contributed by atoms with Crippen LogP contribution in [-0.2, 0) is 0 Å². The van der Waals surface area contributed by atoms with Gasteiger partial charge < -0.3 is 20.9 Å². The molecule has 2 aromatic rings. The zero-order chi connectivity index (χ0) is 21.8. The van der Waals surface area contributed by atoms with Crippen molar-refractivity contribution in [2.45, 2.75) is 56.5 Å². The smallest absolute Gasteiger partial charge is 0.315 e. The van der Waals surface area contributed by atoms with Gasteiger partial charge in [-0.05, 0) is 19.3 Å². The minimum absolute atomic E-state index is 0.104. The molecular weight excluding hydrogens is 421 g/mol. The van der Waals surface area contributed by atoms with Gasteiger partial charge >= 0.3 is 6.03 Å². The second kappa shape index (κ2) is 9.64. The van der Waals surface area contributed by atoms with Crippen molar-refractivity contribution in [3.63, 3.8) is 0 Å². The average molecular weight is 448 g/mol. The molecule has 2 aliphatic rings. The Labute approximate surface area is 184 Å². The van der Waals surface area contributed by atoms with Gasteiger partial charge in [0, 0.05) is 29.6 Å². The fourth-order valence-electron chi connectivity index (χ4n) is 4.03. The largest absolute Gasteiger partial charge is 0.363 e. The summed E-state index contributed by atoms with van der Waals surface area (Å²) in [6.07, 6.45) is 9.38. The number of aromatic nitrogens is 3. The second-order valence-corrected chi connectivity index (χ2v) is 8.48. The molecular formula is C21H27ClFN7O. The van der Waals surface area contributed by atoms with Gasteiger partial charge in [-0.2, -0.15) is 0 Å². The summed E-state index contributed by atoms with van der Waals surface area (Å²) in [6, 6.07) is -0.418. The first kappa shape index (κ1) is 21.5. The Kier molecular flexibility index (Phi) is 6.70. The van der Waals surface area contributed by atoms with Gasteiger partial charge in [-0.15, -0.1) is 11.6 Å². The lowest BCUT2D eigenvalue weighted by molar-refractivity contribution is 0.230. The van der Waals surface area contributed by atoms with Gasteiger partial charge in [0.1, 0.15) is 5.49 Å². The first-order chi connectivity index (χ1) is 15.0. The van der Waals surface area contributed by atoms with Crippen LogP contribution in [0.25, 0.3) is 17.5 Å². The molecule has 3 heterocycles. The number of nitrogens with zero attached hydrogens (tertiary/aromatic N) is 3. The number of carbonyl (C=O) groups is 1. The zero-order valence-corrected chi connectivity index (χ0v) is 18.2. The van der Waals surface area contributed by atoms with Crippen molar-refractivity contribution < 1.29 is 9.18 Å². The predicted octanol–water partition coefficient (Wildman–Crippen LogP) is 2.06. The number of rotatable bonds is 6. The number of carbonyl (C=O) groups excluding carboxylic acids is 1. The van der Waals surface area contributed by atoms with E-state index in [0.717, 1.165) is 48.4 Å². The predicted molar refractivity (Wildman–Crippen MR) is 118 cm³/mol. The second-order valence-electron chi connectivity index (χ2n) is 7.92. The van der Waals surface area contributed by atoms with E-state index >= 15 is 0 Å². The fourth-order valence-corrected chi connectivity index (χ4v) is 4.22. The van der Waals surface area contributed by atoms with Crippen LogP contribution in [0.4, 0.5) is 15.0 Å². The van der Waals surface area contributed by atoms with Crippen LogP contribution in [0.3, 0.4) is 0 Å². The number of urea groups is 1. The van der Waals surface area contributed by atoms with E-state index < -0.39 is 5.82 Å². The number of halogens is 2. The fraction of sp³-hybridized carbons (Fsp3) is 0.524. The van der Waals surface area contributed by atoms with Gasteiger partial charge in [-0.1, -0.05) is 25.8 Å². The number of nitrogens with one attached hydrogen (secondary N) is 4. The molecule has 8 nitrogen and oxygen atoms in total. The van der Waals surface area contributed by atoms with Gasteiger partial charge in [0.05, 0.1) is 24.2 Å². The molecule has 0 saturated heterocycles. The van der Waals surface area contributed by atoms with Gasteiger partial charge in [-0.25, -0.2) is 19.2 Å². The number of alkyl halides is 1. The van der Waals surface area contributed by atoms with Crippen molar-refractivity contribution in [3.05, 3.63) is 28.9 Å². The topological polar surface area (TPSA) is 107 Å². The van der Waals surface area contributed by atoms with E-state index in [9.17, 15) is 9.18 Å². The van der Waals surface area contributed by atoms with Gasteiger partial charge in [-0.3, -0.25) is 4.99 Å². The van der Waals surface area contributed by atoms with Crippen LogP contribution in [0, 0.1) is 5.82 Å². The van der Waals surface area contributed by atoms with Crippen LogP contribution in [0.15, 0.2) is 17.4 Å². The van der Waals surface area contributed by atoms with Crippen molar-refractivity contribution in [2.24, 2.45) is 4.99 Å². The quantitative estimate of drug-likeness (QED) is 0.508. The monoisotopic (exact) mass is 447 g/mol. The number of aromatic amines is 1. The normalized spacial score (nSPS) is 22.6. The van der Waals surface area contributed by atoms with Crippen LogP contribution in [0.2, 0.25) is 0 Å². The molecule has 1 fully saturated rings. The molecule has 31 heavy (non-hydrogen) atoms. The molecule has 1 saturated carbocycles. The molecule has 166 valence electrons. The zero-order valence-electron chi connectivity index (χ0n) is 17.4. The third kappa shape index (κ3) is 4.98. The third-order valence-corrected chi connectivity index (χ3v) is 5.86. The number of hydrogen-bond donors (Lipinski definition) is 4. The molecule has 0 spiro atoms. The minimum atomic E-state index is -0.531. The van der Waals surface area contributed by atoms with Crippen LogP contribution < -0.4 is 26.7 Å². The molecule has 0 aromatic carbocycles. The Morgan fingerprint density at radius 1 is 1.32 bits per heavy atom. The Morgan fingerprint density at radius 3 is 2.94 bits per heavy atom. The molecule has 0 radical (unpaired) electrons. The van der Waals surface area contributed by atoms with E-state index in [-0.39, 0.29) is 29.3 Å². The van der Waals surface area contributed by atoms with Crippen molar-refractivity contribution in [2.75, 3.05) is 18.4 Å². The lowest BCUT2D eigenvalue weighted by atomic mass is 9.90. The Bertz CT molecular complexity index is 1060. The first-order valence-electron chi connectivity index (χ1n) is 10.8. The number of amides is 2. The average Bonchev–Trinajstić information content (AvgIpc) is 3.18. The lowest BCUT2D eigenvalue weighted by Crippen LogP contribution is -2.51. The highest BCUT2D eigenvalue weighted by Crippen LogP contribution is 2.24. The number of fused-ring (bicyclic) bond motifs is 1. The van der Waals surface area contributed by atoms with Crippen LogP contribution in [-0.4, -0.2) is 51.5 Å². The number of hydrogen-bond acceptors (Lipinski definition) is 5. The number of H-pyrrole nitrogens is 1. The maximum atomic E-state index is 14.6. The van der Waals surface area contributed by atoms with E-state index in [1.165, 1.54) is 6.20 Å². The lowest BCUT2D eigenvalue weighted by Gasteiger charge is -2.33. The first-order valence-corrected chi connectivity index (χ1v) is 11.2. The van der Waals surface area contributed by atoms with Gasteiger partial charge in [0.2, 0.25) is 0 Å². The molecule has 2 aromatic heterocycles. The molecule has 1 aliphatic heterocycles. The summed E-state index contributed by atoms with van der Waals surface area (Å²) in [5.74, 6) is -0.0146. The highest BCUT2D eigenvalue weighted by atomic mass is 35.5. The molecule has 3 atom stereocenters. The third-order valence-electron chi connectivity index (χ3n) is 5.59. The molecule has 1 unspecified atom stereocenters. The molecule has 1 aliphatic carbocycles. The number of anilines is 1. The van der Waals surface area contributed by atoms with Crippen LogP contribution >= 0.6 is 11.6 Å². The SMILES string of the molecule is CCCNC(=O)N[C@H]1CCCC[C@@H]1Nc1nc(-c2c[nH]c3c2=CC(Cl)CN=3)ncc1F. The van der Waals surface area contributed by atoms with Crippen LogP contribution in [0.5, 0.6) is 0 Å². The van der Waals surface area contributed by atoms with E-state index in [0.29, 0.717) is 18.9 Å². The minimum Gasteiger partial charge on any atom is -0.363 e. The Hall–Kier alpha value is -2.68. The molecule has 4 N–H and O–H groups in total. The summed E-state index contributed by atoms with van der Waals surface area (Å²) in [4.78, 5) is 28.3. The maximum absolute atomic E-state index is 14.6. The summed E-state index contributed by atoms with van der Waals surface area (Å²) in [5, 5.41) is 9.69. The van der Waals surface area contributed by atoms with Crippen molar-refractivity contribution in [1.29, 1.82) is 0 Å². The van der Waals surface area contributed by atoms with E-state index in [1.54, 1.807) is 6.20 Å². The van der Waals surface area contributed by atoms with E-state index in [2.05, 4.69) is 35.9 Å². The molecule has 2 amide bonds. The summed E-state index contributed by atoms with van der Waals surface area (Å²) in [5.41, 5.74) is 1.45. The van der Waals surface area contributed by atoms with Gasteiger partial charge in [0.25, 0.3) is 0 Å². The van der Waals surface area contributed by atoms with E-state index in [1.807, 2.05) is 13.0 Å². The van der Waals surface area contributed by atoms with Crippen molar-refractivity contribution >= 4 is 29.5 Å². The molecule has 0 bridgehead atoms. The van der Waals surface area contributed by atoms with E-state index in [4.69, 9.17) is 11.6 Å². The van der Waals surface area contributed by atoms with Crippen molar-refractivity contribution in [1.82, 2.24) is 25.6 Å². The molecule has 4 rings (SSSR count). The Balaban J connectivity index is 1.56.